The third-order valence-corrected chi connectivity index (χ3v) is 5.51. The van der Waals surface area contributed by atoms with Crippen molar-refractivity contribution in [3.8, 4) is 16.8 Å². The summed E-state index contributed by atoms with van der Waals surface area (Å²) >= 11 is -1.26. The molecular weight excluding hydrogens is 497 g/mol. The summed E-state index contributed by atoms with van der Waals surface area (Å²) in [5, 5.41) is 9.67. The second-order valence-corrected chi connectivity index (χ2v) is 7.88. The van der Waals surface area contributed by atoms with Gasteiger partial charge in [0.15, 0.2) is 0 Å². The van der Waals surface area contributed by atoms with Crippen LogP contribution in [0.1, 0.15) is 17.3 Å². The van der Waals surface area contributed by atoms with E-state index in [2.05, 4.69) is 25.7 Å². The summed E-state index contributed by atoms with van der Waals surface area (Å²) in [6.07, 6.45) is 3.49. The number of H-pyrrole nitrogens is 1. The summed E-state index contributed by atoms with van der Waals surface area (Å²) in [6, 6.07) is 12.6. The van der Waals surface area contributed by atoms with Crippen molar-refractivity contribution >= 4 is 47.8 Å². The van der Waals surface area contributed by atoms with Crippen LogP contribution in [0.2, 0.25) is 0 Å². The Bertz CT molecular complexity index is 1250. The van der Waals surface area contributed by atoms with Gasteiger partial charge in [0, 0.05) is 24.5 Å². The summed E-state index contributed by atoms with van der Waals surface area (Å²) in [4.78, 5) is 31.5. The number of rotatable bonds is 6. The Morgan fingerprint density at radius 3 is 2.80 bits per heavy atom. The number of aromatic amines is 1. The average molecular weight is 515 g/mol. The number of carbonyl (C=O) groups excluding carboxylic acids is 2. The van der Waals surface area contributed by atoms with Crippen molar-refractivity contribution in [2.75, 3.05) is 11.9 Å². The minimum Gasteiger partial charge on any atom is -0.338 e. The van der Waals surface area contributed by atoms with Crippen LogP contribution in [0.25, 0.3) is 27.8 Å². The molecule has 2 aromatic heterocycles. The molecule has 4 aromatic rings. The number of nitrogens with one attached hydrogen (secondary N) is 4. The molecule has 30 heavy (non-hydrogen) atoms. The molecule has 0 saturated heterocycles. The SMILES string of the molecule is CCNC(=O)Nc1nc2c(-n3cccn3)cc(-c3cccc(C(=O)I=N)c3)cc2[nH]1. The number of halogens is 1. The summed E-state index contributed by atoms with van der Waals surface area (Å²) in [5.74, 6) is 0.324. The largest absolute Gasteiger partial charge is 0.338 e. The molecule has 0 radical (unpaired) electrons. The summed E-state index contributed by atoms with van der Waals surface area (Å²) in [7, 11) is 0. The Morgan fingerprint density at radius 1 is 1.20 bits per heavy atom. The van der Waals surface area contributed by atoms with Gasteiger partial charge in [-0.3, -0.25) is 13.7 Å². The second-order valence-electron chi connectivity index (χ2n) is 6.36. The molecule has 0 aliphatic rings. The van der Waals surface area contributed by atoms with Crippen molar-refractivity contribution in [1.82, 2.24) is 25.1 Å². The molecule has 0 aliphatic carbocycles. The number of aromatic nitrogens is 4. The van der Waals surface area contributed by atoms with E-state index in [0.29, 0.717) is 23.6 Å². The number of anilines is 1. The molecule has 2 aromatic carbocycles. The van der Waals surface area contributed by atoms with Crippen LogP contribution in [0.3, 0.4) is 0 Å². The molecule has 0 spiro atoms. The van der Waals surface area contributed by atoms with Crippen molar-refractivity contribution < 1.29 is 9.59 Å². The highest BCUT2D eigenvalue weighted by Crippen LogP contribution is 2.30. The molecule has 10 heteroatoms. The van der Waals surface area contributed by atoms with Crippen LogP contribution in [0.15, 0.2) is 54.9 Å². The monoisotopic (exact) mass is 515 g/mol. The molecule has 4 N–H and O–H groups in total. The Morgan fingerprint density at radius 2 is 2.07 bits per heavy atom. The third-order valence-electron chi connectivity index (χ3n) is 4.40. The number of amides is 2. The maximum atomic E-state index is 12.0. The highest BCUT2D eigenvalue weighted by Gasteiger charge is 2.15. The average Bonchev–Trinajstić information content (AvgIpc) is 3.42. The molecule has 0 bridgehead atoms. The van der Waals surface area contributed by atoms with Crippen LogP contribution in [0, 0.1) is 3.56 Å². The van der Waals surface area contributed by atoms with Gasteiger partial charge in [0.25, 0.3) is 0 Å². The molecule has 0 aliphatic heterocycles. The zero-order chi connectivity index (χ0) is 21.1. The molecular formula is C20H18IN7O2. The van der Waals surface area contributed by atoms with Crippen LogP contribution in [0.4, 0.5) is 10.7 Å². The summed E-state index contributed by atoms with van der Waals surface area (Å²) < 4.78 is 9.02. The van der Waals surface area contributed by atoms with Gasteiger partial charge in [0.1, 0.15) is 5.52 Å². The molecule has 9 nitrogen and oxygen atoms in total. The molecule has 0 fully saturated rings. The molecule has 2 amide bonds. The zero-order valence-corrected chi connectivity index (χ0v) is 18.1. The van der Waals surface area contributed by atoms with E-state index in [1.807, 2.05) is 43.5 Å². The minimum absolute atomic E-state index is 0.126. The van der Waals surface area contributed by atoms with Crippen LogP contribution in [-0.4, -0.2) is 36.1 Å². The van der Waals surface area contributed by atoms with Crippen LogP contribution in [0.5, 0.6) is 0 Å². The van der Waals surface area contributed by atoms with Crippen LogP contribution < -0.4 is 10.6 Å². The molecule has 0 unspecified atom stereocenters. The molecule has 4 rings (SSSR count). The van der Waals surface area contributed by atoms with Gasteiger partial charge in [-0.1, -0.05) is 18.2 Å². The Kier molecular flexibility index (Phi) is 5.65. The Labute approximate surface area is 181 Å². The van der Waals surface area contributed by atoms with Crippen molar-refractivity contribution in [3.63, 3.8) is 0 Å². The number of nitrogens with zero attached hydrogens (tertiary/aromatic N) is 3. The lowest BCUT2D eigenvalue weighted by atomic mass is 10.0. The van der Waals surface area contributed by atoms with Crippen LogP contribution >= 0.6 is 21.0 Å². The number of imidazole rings is 1. The Hall–Kier alpha value is -3.41. The van der Waals surface area contributed by atoms with Gasteiger partial charge in [0.2, 0.25) is 9.74 Å². The molecule has 0 saturated carbocycles. The van der Waals surface area contributed by atoms with E-state index in [4.69, 9.17) is 3.56 Å². The van der Waals surface area contributed by atoms with Gasteiger partial charge in [0.05, 0.1) is 32.2 Å². The highest BCUT2D eigenvalue weighted by molar-refractivity contribution is 14.2. The lowest BCUT2D eigenvalue weighted by molar-refractivity contribution is 0.110. The predicted octanol–water partition coefficient (Wildman–Crippen LogP) is 4.43. The highest BCUT2D eigenvalue weighted by atomic mass is 127. The maximum absolute atomic E-state index is 12.0. The minimum atomic E-state index is -1.26. The van der Waals surface area contributed by atoms with E-state index in [1.54, 1.807) is 23.0 Å². The first kappa shape index (κ1) is 19.9. The molecule has 0 atom stereocenters. The first-order valence-electron chi connectivity index (χ1n) is 9.13. The van der Waals surface area contributed by atoms with E-state index >= 15 is 0 Å². The maximum Gasteiger partial charge on any atom is 0.321 e. The van der Waals surface area contributed by atoms with Crippen LogP contribution in [-0.2, 0) is 0 Å². The molecule has 152 valence electrons. The van der Waals surface area contributed by atoms with Crippen molar-refractivity contribution in [2.24, 2.45) is 0 Å². The number of urea groups is 1. The lowest BCUT2D eigenvalue weighted by Gasteiger charge is -2.08. The van der Waals surface area contributed by atoms with Gasteiger partial charge in [-0.25, -0.2) is 14.5 Å². The zero-order valence-electron chi connectivity index (χ0n) is 15.9. The fourth-order valence-electron chi connectivity index (χ4n) is 3.10. The number of benzene rings is 2. The van der Waals surface area contributed by atoms with Gasteiger partial charge in [-0.2, -0.15) is 5.10 Å². The normalized spacial score (nSPS) is 10.8. The molecule has 2 heterocycles. The standard InChI is InChI=1S/C20H18IN7O2/c1-2-23-20(30)27-19-25-15-10-14(12-5-3-6-13(9-12)18(29)21-22)11-16(17(15)26-19)28-8-4-7-24-28/h3-11,22H,2H2,1H3,(H3,23,25,26,27,30). The van der Waals surface area contributed by atoms with Crippen molar-refractivity contribution in [3.05, 3.63) is 60.4 Å². The predicted molar refractivity (Wildman–Crippen MR) is 122 cm³/mol. The number of hydrogen-bond acceptors (Lipinski definition) is 5. The van der Waals surface area contributed by atoms with E-state index < -0.39 is 21.0 Å². The summed E-state index contributed by atoms with van der Waals surface area (Å²) in [5.41, 5.74) is 4.35. The fourth-order valence-corrected chi connectivity index (χ4v) is 3.75. The van der Waals surface area contributed by atoms with E-state index in [1.165, 1.54) is 0 Å². The second kappa shape index (κ2) is 8.53. The quantitative estimate of drug-likeness (QED) is 0.224. The first-order valence-corrected chi connectivity index (χ1v) is 11.3. The van der Waals surface area contributed by atoms with E-state index in [0.717, 1.165) is 22.3 Å². The van der Waals surface area contributed by atoms with Gasteiger partial charge in [-0.15, -0.1) is 0 Å². The third kappa shape index (κ3) is 3.99. The fraction of sp³-hybridized carbons (Fsp3) is 0.100. The first-order chi connectivity index (χ1) is 14.6. The smallest absolute Gasteiger partial charge is 0.321 e. The van der Waals surface area contributed by atoms with Gasteiger partial charge in [-0.05, 0) is 42.3 Å². The van der Waals surface area contributed by atoms with Gasteiger partial charge < -0.3 is 10.3 Å². The number of carbonyl (C=O) groups is 2. The van der Waals surface area contributed by atoms with E-state index in [9.17, 15) is 9.59 Å². The topological polar surface area (TPSA) is 129 Å². The Balaban J connectivity index is 1.84. The van der Waals surface area contributed by atoms with Crippen molar-refractivity contribution in [1.29, 1.82) is 3.56 Å². The summed E-state index contributed by atoms with van der Waals surface area (Å²) in [6.45, 7) is 2.34. The number of fused-ring (bicyclic) bond motifs is 1. The van der Waals surface area contributed by atoms with E-state index in [-0.39, 0.29) is 9.82 Å². The van der Waals surface area contributed by atoms with Crippen molar-refractivity contribution in [2.45, 2.75) is 6.92 Å². The lowest BCUT2D eigenvalue weighted by Crippen LogP contribution is -2.28. The number of hydrogen-bond donors (Lipinski definition) is 4. The van der Waals surface area contributed by atoms with Gasteiger partial charge >= 0.3 is 6.03 Å².